The molecule has 1 aliphatic heterocycles. The van der Waals surface area contributed by atoms with Crippen LogP contribution in [0.3, 0.4) is 0 Å². The molecule has 20 heavy (non-hydrogen) atoms. The molecule has 1 aliphatic rings. The van der Waals surface area contributed by atoms with Crippen molar-refractivity contribution >= 4 is 21.4 Å². The van der Waals surface area contributed by atoms with E-state index in [0.29, 0.717) is 25.0 Å². The summed E-state index contributed by atoms with van der Waals surface area (Å²) in [6, 6.07) is 4.66. The molecule has 4 nitrogen and oxygen atoms in total. The minimum absolute atomic E-state index is 0.332. The number of sulfonamides is 1. The van der Waals surface area contributed by atoms with Gasteiger partial charge in [0.05, 0.1) is 6.26 Å². The van der Waals surface area contributed by atoms with E-state index < -0.39 is 10.0 Å². The SMILES string of the molecule is CNC(CC1CCCN(S(C)(=O)=O)C1)c1ccc(C)s1. The van der Waals surface area contributed by atoms with Crippen LogP contribution >= 0.6 is 11.3 Å². The van der Waals surface area contributed by atoms with Crippen LogP contribution in [0.5, 0.6) is 0 Å². The smallest absolute Gasteiger partial charge is 0.211 e. The zero-order valence-corrected chi connectivity index (χ0v) is 14.1. The number of nitrogens with zero attached hydrogens (tertiary/aromatic N) is 1. The van der Waals surface area contributed by atoms with Gasteiger partial charge in [0.1, 0.15) is 0 Å². The fourth-order valence-corrected chi connectivity index (χ4v) is 4.81. The Bertz CT molecular complexity index is 539. The van der Waals surface area contributed by atoms with Crippen molar-refractivity contribution < 1.29 is 8.42 Å². The molecule has 0 spiro atoms. The Morgan fingerprint density at radius 1 is 1.50 bits per heavy atom. The average Bonchev–Trinajstić information content (AvgIpc) is 2.82. The molecule has 0 amide bonds. The summed E-state index contributed by atoms with van der Waals surface area (Å²) in [7, 11) is -1.06. The van der Waals surface area contributed by atoms with Crippen molar-refractivity contribution in [3.05, 3.63) is 21.9 Å². The van der Waals surface area contributed by atoms with Crippen LogP contribution in [-0.2, 0) is 10.0 Å². The first-order valence-corrected chi connectivity index (χ1v) is 9.75. The molecule has 0 bridgehead atoms. The van der Waals surface area contributed by atoms with Crippen LogP contribution in [-0.4, -0.2) is 39.1 Å². The van der Waals surface area contributed by atoms with E-state index in [2.05, 4.69) is 24.4 Å². The monoisotopic (exact) mass is 316 g/mol. The molecule has 1 N–H and O–H groups in total. The van der Waals surface area contributed by atoms with E-state index in [1.165, 1.54) is 16.0 Å². The third-order valence-corrected chi connectivity index (χ3v) is 6.36. The van der Waals surface area contributed by atoms with Crippen molar-refractivity contribution in [1.82, 2.24) is 9.62 Å². The van der Waals surface area contributed by atoms with E-state index in [9.17, 15) is 8.42 Å². The highest BCUT2D eigenvalue weighted by Gasteiger charge is 2.28. The Balaban J connectivity index is 2.01. The Kier molecular flexibility index (Phi) is 5.23. The summed E-state index contributed by atoms with van der Waals surface area (Å²) < 4.78 is 25.0. The van der Waals surface area contributed by atoms with Gasteiger partial charge in [-0.2, -0.15) is 0 Å². The highest BCUT2D eigenvalue weighted by molar-refractivity contribution is 7.88. The van der Waals surface area contributed by atoms with Crippen molar-refractivity contribution in [2.24, 2.45) is 5.92 Å². The van der Waals surface area contributed by atoms with Crippen LogP contribution in [0, 0.1) is 12.8 Å². The first kappa shape index (κ1) is 15.9. The minimum atomic E-state index is -3.05. The first-order chi connectivity index (χ1) is 9.40. The van der Waals surface area contributed by atoms with Crippen LogP contribution in [0.4, 0.5) is 0 Å². The van der Waals surface area contributed by atoms with Gasteiger partial charge in [0, 0.05) is 28.9 Å². The second-order valence-electron chi connectivity index (χ2n) is 5.65. The van der Waals surface area contributed by atoms with Crippen molar-refractivity contribution in [2.75, 3.05) is 26.4 Å². The molecule has 2 unspecified atom stereocenters. The standard InChI is InChI=1S/C14H24N2O2S2/c1-11-6-7-14(19-11)13(15-2)9-12-5-4-8-16(10-12)20(3,17)18/h6-7,12-13,15H,4-5,8-10H2,1-3H3. The summed E-state index contributed by atoms with van der Waals surface area (Å²) >= 11 is 1.82. The van der Waals surface area contributed by atoms with Gasteiger partial charge in [-0.3, -0.25) is 0 Å². The Morgan fingerprint density at radius 3 is 2.80 bits per heavy atom. The minimum Gasteiger partial charge on any atom is -0.312 e. The number of rotatable bonds is 5. The van der Waals surface area contributed by atoms with Crippen molar-refractivity contribution in [3.63, 3.8) is 0 Å². The van der Waals surface area contributed by atoms with Crippen LogP contribution in [0.1, 0.15) is 35.1 Å². The molecule has 6 heteroatoms. The average molecular weight is 316 g/mol. The Hall–Kier alpha value is -0.430. The fraction of sp³-hybridized carbons (Fsp3) is 0.714. The highest BCUT2D eigenvalue weighted by Crippen LogP contribution is 2.31. The summed E-state index contributed by atoms with van der Waals surface area (Å²) in [5.74, 6) is 0.443. The molecule has 2 heterocycles. The summed E-state index contributed by atoms with van der Waals surface area (Å²) in [5, 5.41) is 3.38. The lowest BCUT2D eigenvalue weighted by Gasteiger charge is -2.32. The maximum Gasteiger partial charge on any atom is 0.211 e. The van der Waals surface area contributed by atoms with Gasteiger partial charge < -0.3 is 5.32 Å². The highest BCUT2D eigenvalue weighted by atomic mass is 32.2. The van der Waals surface area contributed by atoms with Gasteiger partial charge in [0.2, 0.25) is 10.0 Å². The molecule has 0 aliphatic carbocycles. The fourth-order valence-electron chi connectivity index (χ4n) is 2.87. The number of nitrogens with one attached hydrogen (secondary N) is 1. The van der Waals surface area contributed by atoms with E-state index >= 15 is 0 Å². The second-order valence-corrected chi connectivity index (χ2v) is 8.96. The van der Waals surface area contributed by atoms with E-state index in [4.69, 9.17) is 0 Å². The topological polar surface area (TPSA) is 49.4 Å². The predicted octanol–water partition coefficient (Wildman–Crippen LogP) is 2.38. The Labute approximate surface area is 126 Å². The molecule has 0 saturated carbocycles. The zero-order valence-electron chi connectivity index (χ0n) is 12.4. The summed E-state index contributed by atoms with van der Waals surface area (Å²) in [5.41, 5.74) is 0. The molecular weight excluding hydrogens is 292 g/mol. The molecule has 114 valence electrons. The predicted molar refractivity (Wildman–Crippen MR) is 84.6 cm³/mol. The summed E-state index contributed by atoms with van der Waals surface area (Å²) in [6.45, 7) is 3.46. The number of aryl methyl sites for hydroxylation is 1. The molecular formula is C14H24N2O2S2. The largest absolute Gasteiger partial charge is 0.312 e. The molecule has 1 aromatic rings. The van der Waals surface area contributed by atoms with Crippen LogP contribution in [0.15, 0.2) is 12.1 Å². The lowest BCUT2D eigenvalue weighted by atomic mass is 9.92. The normalized spacial score (nSPS) is 22.9. The maximum atomic E-state index is 11.7. The van der Waals surface area contributed by atoms with Gasteiger partial charge >= 0.3 is 0 Å². The molecule has 2 atom stereocenters. The zero-order chi connectivity index (χ0) is 14.8. The van der Waals surface area contributed by atoms with Crippen LogP contribution in [0.2, 0.25) is 0 Å². The number of hydrogen-bond acceptors (Lipinski definition) is 4. The van der Waals surface area contributed by atoms with Crippen molar-refractivity contribution in [2.45, 2.75) is 32.2 Å². The van der Waals surface area contributed by atoms with Crippen LogP contribution < -0.4 is 5.32 Å². The first-order valence-electron chi connectivity index (χ1n) is 7.09. The van der Waals surface area contributed by atoms with Crippen molar-refractivity contribution in [1.29, 1.82) is 0 Å². The van der Waals surface area contributed by atoms with Crippen molar-refractivity contribution in [3.8, 4) is 0 Å². The summed E-state index contributed by atoms with van der Waals surface area (Å²) in [6.07, 6.45) is 4.40. The maximum absolute atomic E-state index is 11.7. The Morgan fingerprint density at radius 2 is 2.25 bits per heavy atom. The van der Waals surface area contributed by atoms with Gasteiger partial charge in [-0.05, 0) is 51.3 Å². The van der Waals surface area contributed by atoms with E-state index in [1.54, 1.807) is 4.31 Å². The van der Waals surface area contributed by atoms with E-state index in [-0.39, 0.29) is 0 Å². The third kappa shape index (κ3) is 4.04. The second kappa shape index (κ2) is 6.56. The van der Waals surface area contributed by atoms with Crippen LogP contribution in [0.25, 0.3) is 0 Å². The lowest BCUT2D eigenvalue weighted by molar-refractivity contribution is 0.241. The summed E-state index contributed by atoms with van der Waals surface area (Å²) in [4.78, 5) is 2.67. The van der Waals surface area contributed by atoms with Gasteiger partial charge in [-0.25, -0.2) is 12.7 Å². The quantitative estimate of drug-likeness (QED) is 0.907. The number of piperidine rings is 1. The molecule has 0 aromatic carbocycles. The molecule has 0 radical (unpaired) electrons. The van der Waals surface area contributed by atoms with Gasteiger partial charge in [-0.15, -0.1) is 11.3 Å². The van der Waals surface area contributed by atoms with Gasteiger partial charge in [0.25, 0.3) is 0 Å². The van der Waals surface area contributed by atoms with E-state index in [0.717, 1.165) is 19.3 Å². The molecule has 1 fully saturated rings. The number of hydrogen-bond donors (Lipinski definition) is 1. The van der Waals surface area contributed by atoms with Gasteiger partial charge in [-0.1, -0.05) is 0 Å². The van der Waals surface area contributed by atoms with E-state index in [1.807, 2.05) is 18.4 Å². The lowest BCUT2D eigenvalue weighted by Crippen LogP contribution is -2.40. The molecule has 1 aromatic heterocycles. The number of thiophene rings is 1. The molecule has 1 saturated heterocycles. The van der Waals surface area contributed by atoms with Gasteiger partial charge in [0.15, 0.2) is 0 Å². The third-order valence-electron chi connectivity index (χ3n) is 3.97. The molecule has 2 rings (SSSR count).